The van der Waals surface area contributed by atoms with Gasteiger partial charge in [0.1, 0.15) is 11.6 Å². The van der Waals surface area contributed by atoms with Gasteiger partial charge in [0.15, 0.2) is 0 Å². The zero-order chi connectivity index (χ0) is 22.5. The topological polar surface area (TPSA) is 23.5 Å². The summed E-state index contributed by atoms with van der Waals surface area (Å²) in [6, 6.07) is 29.6. The number of phenols is 1. The highest BCUT2D eigenvalue weighted by atomic mass is 31.1. The second kappa shape index (κ2) is 9.97. The first-order valence-corrected chi connectivity index (χ1v) is 11.7. The molecule has 0 aliphatic rings. The van der Waals surface area contributed by atoms with Gasteiger partial charge in [0, 0.05) is 36.8 Å². The van der Waals surface area contributed by atoms with Crippen molar-refractivity contribution in [1.29, 1.82) is 0 Å². The van der Waals surface area contributed by atoms with E-state index in [2.05, 4.69) is 36.4 Å². The van der Waals surface area contributed by atoms with Crippen LogP contribution in [0.3, 0.4) is 0 Å². The van der Waals surface area contributed by atoms with Crippen molar-refractivity contribution < 1.29 is 9.50 Å². The lowest BCUT2D eigenvalue weighted by Gasteiger charge is -2.19. The molecule has 4 aromatic carbocycles. The van der Waals surface area contributed by atoms with Crippen molar-refractivity contribution in [3.8, 4) is 5.75 Å². The number of aromatic hydroxyl groups is 1. The van der Waals surface area contributed by atoms with Gasteiger partial charge in [0.05, 0.1) is 0 Å². The molecule has 0 aromatic heterocycles. The Bertz CT molecular complexity index is 1190. The number of rotatable bonds is 7. The Kier molecular flexibility index (Phi) is 6.87. The Morgan fingerprint density at radius 3 is 1.97 bits per heavy atom. The maximum absolute atomic E-state index is 13.9. The van der Waals surface area contributed by atoms with Crippen LogP contribution in [0.15, 0.2) is 91.0 Å². The Morgan fingerprint density at radius 2 is 1.34 bits per heavy atom. The number of phenolic OH excluding ortho intramolecular Hbond substituents is 1. The van der Waals surface area contributed by atoms with Gasteiger partial charge in [0.2, 0.25) is 0 Å². The van der Waals surface area contributed by atoms with Gasteiger partial charge in [-0.05, 0) is 52.9 Å². The molecule has 162 valence electrons. The highest BCUT2D eigenvalue weighted by Gasteiger charge is 2.15. The second-order valence-electron chi connectivity index (χ2n) is 8.16. The largest absolute Gasteiger partial charge is 0.507 e. The van der Waals surface area contributed by atoms with Gasteiger partial charge < -0.3 is 10.0 Å². The maximum atomic E-state index is 13.9. The van der Waals surface area contributed by atoms with Crippen LogP contribution in [0.1, 0.15) is 22.3 Å². The summed E-state index contributed by atoms with van der Waals surface area (Å²) in [7, 11) is 4.04. The summed E-state index contributed by atoms with van der Waals surface area (Å²) in [5, 5.41) is 13.1. The van der Waals surface area contributed by atoms with Crippen LogP contribution >= 0.6 is 8.58 Å². The van der Waals surface area contributed by atoms with Crippen LogP contribution in [0.5, 0.6) is 5.75 Å². The Labute approximate surface area is 191 Å². The van der Waals surface area contributed by atoms with E-state index in [4.69, 9.17) is 0 Å². The van der Waals surface area contributed by atoms with Crippen molar-refractivity contribution in [3.63, 3.8) is 0 Å². The van der Waals surface area contributed by atoms with Crippen LogP contribution in [-0.4, -0.2) is 19.2 Å². The van der Waals surface area contributed by atoms with Gasteiger partial charge in [-0.3, -0.25) is 0 Å². The van der Waals surface area contributed by atoms with Gasteiger partial charge in [-0.1, -0.05) is 75.3 Å². The van der Waals surface area contributed by atoms with E-state index < -0.39 is 0 Å². The summed E-state index contributed by atoms with van der Waals surface area (Å²) in [5.41, 5.74) is 5.30. The van der Waals surface area contributed by atoms with E-state index in [1.54, 1.807) is 6.07 Å². The predicted molar refractivity (Wildman–Crippen MR) is 135 cm³/mol. The maximum Gasteiger partial charge on any atom is 0.126 e. The van der Waals surface area contributed by atoms with Crippen LogP contribution in [0.4, 0.5) is 10.1 Å². The third kappa shape index (κ3) is 5.36. The summed E-state index contributed by atoms with van der Waals surface area (Å²) >= 11 is 0. The van der Waals surface area contributed by atoms with E-state index in [1.807, 2.05) is 61.5 Å². The van der Waals surface area contributed by atoms with E-state index in [0.717, 1.165) is 39.4 Å². The smallest absolute Gasteiger partial charge is 0.126 e. The normalized spacial score (nSPS) is 11.2. The first-order valence-electron chi connectivity index (χ1n) is 10.7. The molecule has 2 nitrogen and oxygen atoms in total. The van der Waals surface area contributed by atoms with Gasteiger partial charge >= 0.3 is 0 Å². The summed E-state index contributed by atoms with van der Waals surface area (Å²) in [6.07, 6.45) is 1.46. The number of halogens is 1. The van der Waals surface area contributed by atoms with Crippen molar-refractivity contribution >= 4 is 24.9 Å². The highest BCUT2D eigenvalue weighted by Crippen LogP contribution is 2.29. The molecule has 1 atom stereocenters. The molecule has 0 saturated heterocycles. The average molecular weight is 444 g/mol. The van der Waals surface area contributed by atoms with Crippen molar-refractivity contribution in [2.24, 2.45) is 0 Å². The molecule has 0 amide bonds. The molecule has 0 spiro atoms. The lowest BCUT2D eigenvalue weighted by atomic mass is 9.98. The molecule has 0 fully saturated rings. The fraction of sp³-hybridized carbons (Fsp3) is 0.143. The molecular formula is C28H27FNOP. The molecular weight excluding hydrogens is 416 g/mol. The number of hydrogen-bond donors (Lipinski definition) is 1. The molecule has 1 N–H and O–H groups in total. The van der Waals surface area contributed by atoms with Crippen molar-refractivity contribution in [3.05, 3.63) is 119 Å². The third-order valence-electron chi connectivity index (χ3n) is 5.45. The molecule has 0 radical (unpaired) electrons. The number of anilines is 1. The van der Waals surface area contributed by atoms with Crippen LogP contribution in [0.25, 0.3) is 0 Å². The van der Waals surface area contributed by atoms with Crippen LogP contribution < -0.4 is 15.5 Å². The zero-order valence-electron chi connectivity index (χ0n) is 18.3. The fourth-order valence-electron chi connectivity index (χ4n) is 3.87. The Morgan fingerprint density at radius 1 is 0.719 bits per heavy atom. The summed E-state index contributed by atoms with van der Waals surface area (Å²) in [6.45, 7) is 0. The van der Waals surface area contributed by atoms with E-state index in [9.17, 15) is 9.50 Å². The quantitative estimate of drug-likeness (QED) is 0.386. The summed E-state index contributed by atoms with van der Waals surface area (Å²) in [4.78, 5) is 1.92. The molecule has 32 heavy (non-hydrogen) atoms. The molecule has 0 saturated carbocycles. The van der Waals surface area contributed by atoms with Crippen molar-refractivity contribution in [2.75, 3.05) is 19.0 Å². The van der Waals surface area contributed by atoms with Gasteiger partial charge in [-0.15, -0.1) is 0 Å². The number of hydrogen-bond acceptors (Lipinski definition) is 2. The molecule has 4 heteroatoms. The highest BCUT2D eigenvalue weighted by molar-refractivity contribution is 7.56. The van der Waals surface area contributed by atoms with Crippen LogP contribution in [0.2, 0.25) is 0 Å². The second-order valence-corrected chi connectivity index (χ2v) is 9.48. The molecule has 0 aliphatic heterocycles. The van der Waals surface area contributed by atoms with Crippen molar-refractivity contribution in [2.45, 2.75) is 12.8 Å². The molecule has 1 unspecified atom stereocenters. The Balaban J connectivity index is 1.75. The van der Waals surface area contributed by atoms with Crippen LogP contribution in [-0.2, 0) is 12.8 Å². The standard InChI is InChI=1S/C28H27FNOP/c1-30(2)25-19-24(29)13-14-26(25)32-27-18-22(15-20-9-5-3-6-10-20)17-23(28(27)31)16-21-11-7-4-8-12-21/h3-14,17-19,31-32H,15-16H2,1-2H3. The summed E-state index contributed by atoms with van der Waals surface area (Å²) < 4.78 is 13.9. The fourth-order valence-corrected chi connectivity index (χ4v) is 5.28. The minimum absolute atomic E-state index is 0.219. The van der Waals surface area contributed by atoms with Crippen molar-refractivity contribution in [1.82, 2.24) is 0 Å². The van der Waals surface area contributed by atoms with Gasteiger partial charge in [-0.25, -0.2) is 4.39 Å². The minimum Gasteiger partial charge on any atom is -0.507 e. The van der Waals surface area contributed by atoms with E-state index in [-0.39, 0.29) is 14.4 Å². The lowest BCUT2D eigenvalue weighted by Crippen LogP contribution is -2.18. The molecule has 0 aliphatic carbocycles. The number of nitrogens with zero attached hydrogens (tertiary/aromatic N) is 1. The minimum atomic E-state index is -0.255. The average Bonchev–Trinajstić information content (AvgIpc) is 2.79. The number of benzene rings is 4. The molecule has 0 heterocycles. The third-order valence-corrected chi connectivity index (χ3v) is 6.79. The summed E-state index contributed by atoms with van der Waals surface area (Å²) in [5.74, 6) is 0.0760. The van der Waals surface area contributed by atoms with E-state index in [0.29, 0.717) is 12.2 Å². The molecule has 4 aromatic rings. The van der Waals surface area contributed by atoms with Gasteiger partial charge in [-0.2, -0.15) is 0 Å². The first-order chi connectivity index (χ1) is 15.5. The molecule has 4 rings (SSSR count). The van der Waals surface area contributed by atoms with Crippen LogP contribution in [0, 0.1) is 5.82 Å². The zero-order valence-corrected chi connectivity index (χ0v) is 19.3. The predicted octanol–water partition coefficient (Wildman–Crippen LogP) is 5.41. The molecule has 0 bridgehead atoms. The van der Waals surface area contributed by atoms with E-state index in [1.165, 1.54) is 11.6 Å². The lowest BCUT2D eigenvalue weighted by molar-refractivity contribution is 0.474. The van der Waals surface area contributed by atoms with E-state index >= 15 is 0 Å². The Hall–Kier alpha value is -3.16. The van der Waals surface area contributed by atoms with Gasteiger partial charge in [0.25, 0.3) is 0 Å². The SMILES string of the molecule is CN(C)c1cc(F)ccc1Pc1cc(Cc2ccccc2)cc(Cc2ccccc2)c1O. The monoisotopic (exact) mass is 443 g/mol. The first kappa shape index (κ1) is 22.0.